The highest BCUT2D eigenvalue weighted by Gasteiger charge is 2.19. The molecule has 0 bridgehead atoms. The second-order valence-corrected chi connectivity index (χ2v) is 4.81. The van der Waals surface area contributed by atoms with Crippen LogP contribution in [-0.2, 0) is 4.74 Å². The SMILES string of the molecule is CCOC(C)(C)Oc1ccc(C(C)CC)cc1. The highest BCUT2D eigenvalue weighted by atomic mass is 16.7. The van der Waals surface area contributed by atoms with Crippen molar-refractivity contribution in [2.45, 2.75) is 52.7 Å². The van der Waals surface area contributed by atoms with E-state index in [2.05, 4.69) is 26.0 Å². The molecular weight excluding hydrogens is 212 g/mol. The quantitative estimate of drug-likeness (QED) is 0.684. The first-order chi connectivity index (χ1) is 7.98. The molecule has 0 heterocycles. The second kappa shape index (κ2) is 6.06. The third-order valence-electron chi connectivity index (χ3n) is 2.92. The van der Waals surface area contributed by atoms with Crippen LogP contribution >= 0.6 is 0 Å². The van der Waals surface area contributed by atoms with Gasteiger partial charge in [-0.15, -0.1) is 0 Å². The Hall–Kier alpha value is -1.02. The maximum absolute atomic E-state index is 5.79. The molecule has 0 saturated heterocycles. The van der Waals surface area contributed by atoms with Crippen LogP contribution in [-0.4, -0.2) is 12.4 Å². The van der Waals surface area contributed by atoms with Crippen LogP contribution in [0.5, 0.6) is 5.75 Å². The molecule has 0 aliphatic rings. The molecule has 0 spiro atoms. The van der Waals surface area contributed by atoms with Crippen molar-refractivity contribution in [3.63, 3.8) is 0 Å². The zero-order valence-corrected chi connectivity index (χ0v) is 11.6. The summed E-state index contributed by atoms with van der Waals surface area (Å²) in [6.07, 6.45) is 1.16. The first kappa shape index (κ1) is 14.0. The van der Waals surface area contributed by atoms with Gasteiger partial charge in [0, 0.05) is 20.5 Å². The molecule has 1 rings (SSSR count). The first-order valence-corrected chi connectivity index (χ1v) is 6.41. The van der Waals surface area contributed by atoms with Gasteiger partial charge in [0.1, 0.15) is 5.75 Å². The zero-order chi connectivity index (χ0) is 12.9. The Morgan fingerprint density at radius 2 is 1.71 bits per heavy atom. The standard InChI is InChI=1S/C15H24O2/c1-6-12(3)13-8-10-14(11-9-13)17-15(4,5)16-7-2/h8-12H,6-7H2,1-5H3. The highest BCUT2D eigenvalue weighted by molar-refractivity contribution is 5.29. The van der Waals surface area contributed by atoms with Crippen LogP contribution in [0.15, 0.2) is 24.3 Å². The van der Waals surface area contributed by atoms with Crippen LogP contribution < -0.4 is 4.74 Å². The molecule has 0 saturated carbocycles. The predicted molar refractivity (Wildman–Crippen MR) is 71.5 cm³/mol. The summed E-state index contributed by atoms with van der Waals surface area (Å²) in [5, 5.41) is 0. The fourth-order valence-corrected chi connectivity index (χ4v) is 1.76. The van der Waals surface area contributed by atoms with E-state index in [0.717, 1.165) is 12.2 Å². The van der Waals surface area contributed by atoms with E-state index in [4.69, 9.17) is 9.47 Å². The van der Waals surface area contributed by atoms with Gasteiger partial charge < -0.3 is 9.47 Å². The van der Waals surface area contributed by atoms with E-state index >= 15 is 0 Å². The smallest absolute Gasteiger partial charge is 0.204 e. The van der Waals surface area contributed by atoms with Crippen molar-refractivity contribution in [1.82, 2.24) is 0 Å². The molecule has 0 aliphatic heterocycles. The first-order valence-electron chi connectivity index (χ1n) is 6.41. The van der Waals surface area contributed by atoms with Crippen molar-refractivity contribution in [1.29, 1.82) is 0 Å². The Morgan fingerprint density at radius 1 is 1.12 bits per heavy atom. The summed E-state index contributed by atoms with van der Waals surface area (Å²) in [6.45, 7) is 10.9. The zero-order valence-electron chi connectivity index (χ0n) is 11.6. The van der Waals surface area contributed by atoms with Crippen LogP contribution in [0.25, 0.3) is 0 Å². The van der Waals surface area contributed by atoms with Crippen molar-refractivity contribution < 1.29 is 9.47 Å². The maximum atomic E-state index is 5.79. The Morgan fingerprint density at radius 3 is 2.18 bits per heavy atom. The van der Waals surface area contributed by atoms with Gasteiger partial charge in [0.15, 0.2) is 0 Å². The Bertz CT molecular complexity index is 327. The minimum Gasteiger partial charge on any atom is -0.463 e. The van der Waals surface area contributed by atoms with Crippen molar-refractivity contribution >= 4 is 0 Å². The number of rotatable bonds is 6. The fraction of sp³-hybridized carbons (Fsp3) is 0.600. The third kappa shape index (κ3) is 4.39. The molecule has 1 unspecified atom stereocenters. The van der Waals surface area contributed by atoms with Gasteiger partial charge in [0.2, 0.25) is 5.79 Å². The van der Waals surface area contributed by atoms with E-state index in [1.165, 1.54) is 5.56 Å². The second-order valence-electron chi connectivity index (χ2n) is 4.81. The van der Waals surface area contributed by atoms with E-state index in [1.807, 2.05) is 32.9 Å². The van der Waals surface area contributed by atoms with Gasteiger partial charge in [-0.3, -0.25) is 0 Å². The normalized spacial score (nSPS) is 13.5. The lowest BCUT2D eigenvalue weighted by atomic mass is 9.99. The molecule has 1 aromatic carbocycles. The van der Waals surface area contributed by atoms with E-state index < -0.39 is 5.79 Å². The minimum atomic E-state index is -0.563. The summed E-state index contributed by atoms with van der Waals surface area (Å²) >= 11 is 0. The summed E-state index contributed by atoms with van der Waals surface area (Å²) in [4.78, 5) is 0. The van der Waals surface area contributed by atoms with Crippen molar-refractivity contribution in [3.05, 3.63) is 29.8 Å². The summed E-state index contributed by atoms with van der Waals surface area (Å²) < 4.78 is 11.3. The molecule has 1 atom stereocenters. The fourth-order valence-electron chi connectivity index (χ4n) is 1.76. The van der Waals surface area contributed by atoms with Gasteiger partial charge in [0.05, 0.1) is 0 Å². The van der Waals surface area contributed by atoms with Gasteiger partial charge in [-0.25, -0.2) is 0 Å². The molecule has 2 heteroatoms. The number of ether oxygens (including phenoxy) is 2. The topological polar surface area (TPSA) is 18.5 Å². The van der Waals surface area contributed by atoms with Crippen molar-refractivity contribution in [2.24, 2.45) is 0 Å². The summed E-state index contributed by atoms with van der Waals surface area (Å²) in [5.74, 6) is 0.895. The molecule has 0 N–H and O–H groups in total. The van der Waals surface area contributed by atoms with Crippen LogP contribution in [0, 0.1) is 0 Å². The molecule has 0 aromatic heterocycles. The van der Waals surface area contributed by atoms with Gasteiger partial charge in [-0.05, 0) is 37.0 Å². The van der Waals surface area contributed by atoms with Crippen LogP contribution in [0.1, 0.15) is 52.5 Å². The Kier molecular flexibility index (Phi) is 5.01. The number of hydrogen-bond acceptors (Lipinski definition) is 2. The average molecular weight is 236 g/mol. The molecular formula is C15H24O2. The van der Waals surface area contributed by atoms with Crippen LogP contribution in [0.4, 0.5) is 0 Å². The van der Waals surface area contributed by atoms with Crippen molar-refractivity contribution in [3.8, 4) is 5.75 Å². The molecule has 0 radical (unpaired) electrons. The van der Waals surface area contributed by atoms with E-state index in [9.17, 15) is 0 Å². The summed E-state index contributed by atoms with van der Waals surface area (Å²) in [6, 6.07) is 8.29. The van der Waals surface area contributed by atoms with Crippen molar-refractivity contribution in [2.75, 3.05) is 6.61 Å². The lowest BCUT2D eigenvalue weighted by Crippen LogP contribution is -2.31. The monoisotopic (exact) mass is 236 g/mol. The molecule has 17 heavy (non-hydrogen) atoms. The third-order valence-corrected chi connectivity index (χ3v) is 2.92. The maximum Gasteiger partial charge on any atom is 0.204 e. The number of benzene rings is 1. The summed E-state index contributed by atoms with van der Waals surface area (Å²) in [5.41, 5.74) is 1.36. The van der Waals surface area contributed by atoms with E-state index in [0.29, 0.717) is 12.5 Å². The summed E-state index contributed by atoms with van der Waals surface area (Å²) in [7, 11) is 0. The van der Waals surface area contributed by atoms with Gasteiger partial charge in [-0.2, -0.15) is 0 Å². The molecule has 0 amide bonds. The highest BCUT2D eigenvalue weighted by Crippen LogP contribution is 2.24. The van der Waals surface area contributed by atoms with Gasteiger partial charge >= 0.3 is 0 Å². The Balaban J connectivity index is 2.68. The van der Waals surface area contributed by atoms with Gasteiger partial charge in [-0.1, -0.05) is 26.0 Å². The lowest BCUT2D eigenvalue weighted by Gasteiger charge is -2.26. The lowest BCUT2D eigenvalue weighted by molar-refractivity contribution is -0.152. The molecule has 96 valence electrons. The van der Waals surface area contributed by atoms with Crippen LogP contribution in [0.2, 0.25) is 0 Å². The van der Waals surface area contributed by atoms with Crippen LogP contribution in [0.3, 0.4) is 0 Å². The predicted octanol–water partition coefficient (Wildman–Crippen LogP) is 4.35. The largest absolute Gasteiger partial charge is 0.463 e. The van der Waals surface area contributed by atoms with E-state index in [1.54, 1.807) is 0 Å². The minimum absolute atomic E-state index is 0.563. The number of hydrogen-bond donors (Lipinski definition) is 0. The molecule has 0 aliphatic carbocycles. The molecule has 0 fully saturated rings. The van der Waals surface area contributed by atoms with Gasteiger partial charge in [0.25, 0.3) is 0 Å². The molecule has 1 aromatic rings. The average Bonchev–Trinajstić information content (AvgIpc) is 2.28. The van der Waals surface area contributed by atoms with E-state index in [-0.39, 0.29) is 0 Å². The Labute approximate surface area is 105 Å². The molecule has 2 nitrogen and oxygen atoms in total.